The Kier molecular flexibility index (Phi) is 8.35. The van der Waals surface area contributed by atoms with Crippen LogP contribution in [-0.4, -0.2) is 56.9 Å². The number of carbonyl (C=O) groups excluding carboxylic acids is 4. The second kappa shape index (κ2) is 11.9. The molecule has 8 nitrogen and oxygen atoms in total. The fraction of sp³-hybridized carbons (Fsp3) is 0.406. The number of benzene rings is 2. The molecule has 2 unspecified atom stereocenters. The summed E-state index contributed by atoms with van der Waals surface area (Å²) in [4.78, 5) is 61.8. The number of fused-ring (bicyclic) bond motifs is 1. The van der Waals surface area contributed by atoms with Gasteiger partial charge in [-0.05, 0) is 55.4 Å². The highest BCUT2D eigenvalue weighted by Gasteiger charge is 2.44. The Balaban J connectivity index is 1.33. The normalized spacial score (nSPS) is 18.0. The predicted molar refractivity (Wildman–Crippen MR) is 158 cm³/mol. The van der Waals surface area contributed by atoms with E-state index in [1.165, 1.54) is 6.92 Å². The molecule has 0 aliphatic carbocycles. The van der Waals surface area contributed by atoms with Crippen LogP contribution in [-0.2, 0) is 20.9 Å². The van der Waals surface area contributed by atoms with Crippen LogP contribution in [0.4, 0.5) is 0 Å². The van der Waals surface area contributed by atoms with Gasteiger partial charge in [0.1, 0.15) is 17.9 Å². The van der Waals surface area contributed by atoms with E-state index >= 15 is 0 Å². The minimum Gasteiger partial charge on any atom is -0.347 e. The van der Waals surface area contributed by atoms with E-state index in [1.54, 1.807) is 27.2 Å². The van der Waals surface area contributed by atoms with Crippen molar-refractivity contribution >= 4 is 34.8 Å². The van der Waals surface area contributed by atoms with Gasteiger partial charge in [0, 0.05) is 25.1 Å². The Morgan fingerprint density at radius 1 is 1.10 bits per heavy atom. The van der Waals surface area contributed by atoms with Gasteiger partial charge in [-0.3, -0.25) is 19.2 Å². The summed E-state index contributed by atoms with van der Waals surface area (Å²) in [5.74, 6) is -0.791. The van der Waals surface area contributed by atoms with E-state index in [1.807, 2.05) is 68.7 Å². The number of nitrogens with zero attached hydrogens (tertiary/aromatic N) is 3. The Morgan fingerprint density at radius 2 is 1.83 bits per heavy atom. The van der Waals surface area contributed by atoms with E-state index < -0.39 is 18.1 Å². The summed E-state index contributed by atoms with van der Waals surface area (Å²) in [7, 11) is 0. The Bertz CT molecular complexity index is 1460. The molecule has 3 atom stereocenters. The Morgan fingerprint density at radius 3 is 2.46 bits per heavy atom. The molecule has 2 aromatic carbocycles. The molecule has 2 aliphatic rings. The Hall–Kier alpha value is -3.85. The number of carbonyl (C=O) groups is 4. The first-order valence-electron chi connectivity index (χ1n) is 14.1. The number of rotatable bonds is 9. The zero-order valence-electron chi connectivity index (χ0n) is 23.9. The molecule has 1 fully saturated rings. The molecule has 41 heavy (non-hydrogen) atoms. The number of nitrogens with one attached hydrogen (secondary N) is 1. The van der Waals surface area contributed by atoms with Gasteiger partial charge in [-0.15, -0.1) is 11.3 Å². The number of likely N-dealkylation sites (tertiary alicyclic amines) is 1. The third-order valence-corrected chi connectivity index (χ3v) is 9.01. The first-order valence-corrected chi connectivity index (χ1v) is 15.0. The van der Waals surface area contributed by atoms with Gasteiger partial charge in [0.25, 0.3) is 5.91 Å². The van der Waals surface area contributed by atoms with Gasteiger partial charge in [0.2, 0.25) is 11.8 Å². The average molecular weight is 573 g/mol. The highest BCUT2D eigenvalue weighted by molar-refractivity contribution is 7.13. The molecular weight excluding hydrogens is 536 g/mol. The average Bonchev–Trinajstić information content (AvgIpc) is 3.68. The molecular formula is C32H36N4O4S. The third-order valence-electron chi connectivity index (χ3n) is 8.04. The number of hydrogen-bond donors (Lipinski definition) is 1. The summed E-state index contributed by atoms with van der Waals surface area (Å²) in [6, 6.07) is 13.5. The lowest BCUT2D eigenvalue weighted by Gasteiger charge is -2.35. The molecule has 3 amide bonds. The van der Waals surface area contributed by atoms with Gasteiger partial charge in [0.15, 0.2) is 0 Å². The molecule has 3 heterocycles. The number of Topliss-reactive ketones (excluding diaryl/α,β-unsaturated/α-hetero) is 1. The summed E-state index contributed by atoms with van der Waals surface area (Å²) in [6.45, 7) is 8.18. The molecule has 0 bridgehead atoms. The van der Waals surface area contributed by atoms with Crippen molar-refractivity contribution in [2.24, 2.45) is 5.92 Å². The molecule has 9 heteroatoms. The van der Waals surface area contributed by atoms with Gasteiger partial charge < -0.3 is 15.1 Å². The van der Waals surface area contributed by atoms with Crippen LogP contribution in [0.5, 0.6) is 0 Å². The van der Waals surface area contributed by atoms with Crippen molar-refractivity contribution in [3.8, 4) is 10.4 Å². The molecule has 0 radical (unpaired) electrons. The van der Waals surface area contributed by atoms with Gasteiger partial charge in [-0.25, -0.2) is 4.98 Å². The maximum Gasteiger partial charge on any atom is 0.255 e. The van der Waals surface area contributed by atoms with Crippen molar-refractivity contribution in [2.45, 2.75) is 71.6 Å². The van der Waals surface area contributed by atoms with E-state index in [4.69, 9.17) is 0 Å². The van der Waals surface area contributed by atoms with Crippen molar-refractivity contribution < 1.29 is 19.2 Å². The summed E-state index contributed by atoms with van der Waals surface area (Å²) in [5, 5.41) is 3.07. The lowest BCUT2D eigenvalue weighted by atomic mass is 9.98. The van der Waals surface area contributed by atoms with Crippen LogP contribution in [0.1, 0.15) is 73.3 Å². The number of amides is 3. The van der Waals surface area contributed by atoms with E-state index in [9.17, 15) is 19.2 Å². The van der Waals surface area contributed by atoms with Crippen LogP contribution in [0.2, 0.25) is 0 Å². The van der Waals surface area contributed by atoms with Crippen molar-refractivity contribution in [3.63, 3.8) is 0 Å². The van der Waals surface area contributed by atoms with Gasteiger partial charge in [0.05, 0.1) is 22.1 Å². The lowest BCUT2D eigenvalue weighted by molar-refractivity contribution is -0.143. The van der Waals surface area contributed by atoms with Gasteiger partial charge >= 0.3 is 0 Å². The summed E-state index contributed by atoms with van der Waals surface area (Å²) in [6.07, 6.45) is 1.39. The van der Waals surface area contributed by atoms with E-state index in [0.717, 1.165) is 27.3 Å². The molecule has 0 spiro atoms. The number of hydrogen-bond acceptors (Lipinski definition) is 6. The fourth-order valence-electron chi connectivity index (χ4n) is 6.01. The van der Waals surface area contributed by atoms with Crippen molar-refractivity contribution in [2.75, 3.05) is 6.54 Å². The minimum atomic E-state index is -0.668. The van der Waals surface area contributed by atoms with E-state index in [2.05, 4.69) is 10.3 Å². The number of aromatic nitrogens is 1. The quantitative estimate of drug-likeness (QED) is 0.392. The van der Waals surface area contributed by atoms with Crippen molar-refractivity contribution in [3.05, 3.63) is 76.4 Å². The first-order chi connectivity index (χ1) is 19.7. The molecule has 2 aliphatic heterocycles. The largest absolute Gasteiger partial charge is 0.347 e. The predicted octanol–water partition coefficient (Wildman–Crippen LogP) is 4.93. The van der Waals surface area contributed by atoms with Crippen LogP contribution in [0, 0.1) is 12.8 Å². The number of ketones is 1. The Labute approximate surface area is 244 Å². The molecule has 1 aromatic heterocycles. The summed E-state index contributed by atoms with van der Waals surface area (Å²) < 4.78 is 0. The number of aryl methyl sites for hydroxylation is 1. The maximum absolute atomic E-state index is 14.0. The summed E-state index contributed by atoms with van der Waals surface area (Å²) >= 11 is 1.57. The smallest absolute Gasteiger partial charge is 0.255 e. The highest BCUT2D eigenvalue weighted by Crippen LogP contribution is 2.31. The van der Waals surface area contributed by atoms with Crippen LogP contribution in [0.3, 0.4) is 0 Å². The van der Waals surface area contributed by atoms with Crippen LogP contribution in [0.25, 0.3) is 10.4 Å². The topological polar surface area (TPSA) is 99.7 Å². The standard InChI is InChI=1S/C32H36N4O4S/c1-19(2)28(36-17-24-8-5-6-9-25(24)31(36)39)32(40)35-15-7-10-27(35)30(38)34-26(16-20(3)37)22-11-13-23(14-12-22)29-21(4)33-18-41-29/h5-6,8-9,11-14,18-19,26-28H,7,10,15-17H2,1-4H3,(H,34,38)/t26?,27-,28?/m0/s1. The highest BCUT2D eigenvalue weighted by atomic mass is 32.1. The maximum atomic E-state index is 14.0. The monoisotopic (exact) mass is 572 g/mol. The SMILES string of the molecule is CC(=O)CC(NC(=O)[C@@H]1CCCN1C(=O)C(C(C)C)N1Cc2ccccc2C1=O)c1ccc(-c2scnc2C)cc1. The van der Waals surface area contributed by atoms with Gasteiger partial charge in [-0.1, -0.05) is 56.3 Å². The van der Waals surface area contributed by atoms with Crippen molar-refractivity contribution in [1.29, 1.82) is 0 Å². The molecule has 5 rings (SSSR count). The van der Waals surface area contributed by atoms with Gasteiger partial charge in [-0.2, -0.15) is 0 Å². The zero-order chi connectivity index (χ0) is 29.3. The first kappa shape index (κ1) is 28.7. The zero-order valence-corrected chi connectivity index (χ0v) is 24.7. The third kappa shape index (κ3) is 5.81. The molecule has 1 saturated heterocycles. The van der Waals surface area contributed by atoms with Crippen LogP contribution < -0.4 is 5.32 Å². The van der Waals surface area contributed by atoms with E-state index in [-0.39, 0.29) is 35.8 Å². The van der Waals surface area contributed by atoms with Crippen LogP contribution >= 0.6 is 11.3 Å². The summed E-state index contributed by atoms with van der Waals surface area (Å²) in [5.41, 5.74) is 6.18. The lowest BCUT2D eigenvalue weighted by Crippen LogP contribution is -2.55. The second-order valence-corrected chi connectivity index (χ2v) is 12.2. The molecule has 0 saturated carbocycles. The molecule has 1 N–H and O–H groups in total. The molecule has 3 aromatic rings. The van der Waals surface area contributed by atoms with Crippen molar-refractivity contribution in [1.82, 2.24) is 20.1 Å². The van der Waals surface area contributed by atoms with E-state index in [0.29, 0.717) is 31.5 Å². The van der Waals surface area contributed by atoms with Crippen LogP contribution in [0.15, 0.2) is 54.0 Å². The molecule has 214 valence electrons. The second-order valence-electron chi connectivity index (χ2n) is 11.3. The fourth-order valence-corrected chi connectivity index (χ4v) is 6.82. The minimum absolute atomic E-state index is 0.0379. The number of thiazole rings is 1.